The van der Waals surface area contributed by atoms with Crippen molar-refractivity contribution in [2.24, 2.45) is 0 Å². The van der Waals surface area contributed by atoms with Gasteiger partial charge >= 0.3 is 0 Å². The third kappa shape index (κ3) is 3.68. The fourth-order valence-electron chi connectivity index (χ4n) is 2.93. The van der Waals surface area contributed by atoms with Crippen molar-refractivity contribution >= 4 is 38.9 Å². The van der Waals surface area contributed by atoms with Crippen LogP contribution < -0.4 is 9.62 Å². The molecule has 2 aromatic rings. The summed E-state index contributed by atoms with van der Waals surface area (Å²) in [5.74, 6) is -0.901. The monoisotopic (exact) mass is 396 g/mol. The van der Waals surface area contributed by atoms with Crippen molar-refractivity contribution in [3.8, 4) is 0 Å². The predicted octanol–water partition coefficient (Wildman–Crippen LogP) is 3.83. The first-order valence-electron chi connectivity index (χ1n) is 8.21. The lowest BCUT2D eigenvalue weighted by Gasteiger charge is -2.30. The van der Waals surface area contributed by atoms with Gasteiger partial charge in [-0.1, -0.05) is 11.6 Å². The summed E-state index contributed by atoms with van der Waals surface area (Å²) in [6, 6.07) is 8.89. The van der Waals surface area contributed by atoms with Crippen LogP contribution in [0.25, 0.3) is 0 Å². The maximum absolute atomic E-state index is 13.2. The Hall–Kier alpha value is -2.12. The van der Waals surface area contributed by atoms with E-state index in [1.807, 2.05) is 0 Å². The van der Waals surface area contributed by atoms with E-state index in [2.05, 4.69) is 5.32 Å². The number of halogens is 2. The molecule has 0 fully saturated rings. The lowest BCUT2D eigenvalue weighted by Crippen LogP contribution is -2.36. The highest BCUT2D eigenvalue weighted by molar-refractivity contribution is 7.92. The van der Waals surface area contributed by atoms with Gasteiger partial charge in [-0.3, -0.25) is 9.10 Å². The average molecular weight is 397 g/mol. The molecule has 0 spiro atoms. The highest BCUT2D eigenvalue weighted by Gasteiger charge is 2.26. The fraction of sp³-hybridized carbons (Fsp3) is 0.278. The van der Waals surface area contributed by atoms with E-state index in [0.717, 1.165) is 5.56 Å². The van der Waals surface area contributed by atoms with E-state index in [0.29, 0.717) is 36.3 Å². The van der Waals surface area contributed by atoms with Crippen molar-refractivity contribution in [3.05, 3.63) is 58.4 Å². The van der Waals surface area contributed by atoms with Crippen LogP contribution in [-0.4, -0.2) is 26.6 Å². The molecule has 3 rings (SSSR count). The van der Waals surface area contributed by atoms with Gasteiger partial charge in [-0.15, -0.1) is 0 Å². The summed E-state index contributed by atoms with van der Waals surface area (Å²) in [6.07, 6.45) is 1.40. The van der Waals surface area contributed by atoms with Crippen LogP contribution in [0.15, 0.2) is 36.4 Å². The van der Waals surface area contributed by atoms with Crippen LogP contribution in [0.1, 0.15) is 29.3 Å². The largest absolute Gasteiger partial charge is 0.322 e. The van der Waals surface area contributed by atoms with Gasteiger partial charge in [0.2, 0.25) is 10.0 Å². The molecule has 2 aromatic carbocycles. The van der Waals surface area contributed by atoms with Gasteiger partial charge in [-0.05, 0) is 61.7 Å². The summed E-state index contributed by atoms with van der Waals surface area (Å²) in [4.78, 5) is 12.5. The molecule has 0 saturated heterocycles. The molecule has 0 aliphatic carbocycles. The zero-order valence-corrected chi connectivity index (χ0v) is 15.7. The lowest BCUT2D eigenvalue weighted by atomic mass is 10.0. The Balaban J connectivity index is 1.86. The van der Waals surface area contributed by atoms with Crippen LogP contribution in [0.3, 0.4) is 0 Å². The summed E-state index contributed by atoms with van der Waals surface area (Å²) in [5.41, 5.74) is 2.23. The van der Waals surface area contributed by atoms with Crippen LogP contribution in [0.5, 0.6) is 0 Å². The number of carbonyl (C=O) groups excluding carboxylic acids is 1. The smallest absolute Gasteiger partial charge is 0.255 e. The molecule has 1 amide bonds. The molecule has 26 heavy (non-hydrogen) atoms. The molecule has 0 atom stereocenters. The molecule has 0 saturated carbocycles. The van der Waals surface area contributed by atoms with E-state index in [-0.39, 0.29) is 16.7 Å². The Morgan fingerprint density at radius 2 is 2.04 bits per heavy atom. The van der Waals surface area contributed by atoms with Gasteiger partial charge in [0.05, 0.1) is 16.5 Å². The summed E-state index contributed by atoms with van der Waals surface area (Å²) in [6.45, 7) is 2.06. The van der Waals surface area contributed by atoms with Crippen LogP contribution in [0.4, 0.5) is 15.8 Å². The number of hydrogen-bond acceptors (Lipinski definition) is 3. The molecule has 1 heterocycles. The highest BCUT2D eigenvalue weighted by Crippen LogP contribution is 2.30. The van der Waals surface area contributed by atoms with Gasteiger partial charge in [0, 0.05) is 17.8 Å². The first-order chi connectivity index (χ1) is 12.3. The van der Waals surface area contributed by atoms with Crippen molar-refractivity contribution < 1.29 is 17.6 Å². The number of nitrogens with one attached hydrogen (secondary N) is 1. The molecule has 138 valence electrons. The zero-order valence-electron chi connectivity index (χ0n) is 14.1. The molecular weight excluding hydrogens is 379 g/mol. The summed E-state index contributed by atoms with van der Waals surface area (Å²) < 4.78 is 39.1. The van der Waals surface area contributed by atoms with Crippen molar-refractivity contribution in [3.63, 3.8) is 0 Å². The molecule has 1 N–H and O–H groups in total. The van der Waals surface area contributed by atoms with E-state index in [1.165, 1.54) is 22.5 Å². The number of rotatable bonds is 4. The quantitative estimate of drug-likeness (QED) is 0.853. The van der Waals surface area contributed by atoms with Gasteiger partial charge < -0.3 is 5.32 Å². The Morgan fingerprint density at radius 3 is 2.73 bits per heavy atom. The van der Waals surface area contributed by atoms with Crippen molar-refractivity contribution in [2.75, 3.05) is 21.9 Å². The Bertz CT molecular complexity index is 963. The molecule has 0 bridgehead atoms. The van der Waals surface area contributed by atoms with Crippen LogP contribution in [0.2, 0.25) is 5.02 Å². The minimum Gasteiger partial charge on any atom is -0.322 e. The van der Waals surface area contributed by atoms with Crippen LogP contribution in [-0.2, 0) is 16.4 Å². The number of benzene rings is 2. The fourth-order valence-corrected chi connectivity index (χ4v) is 4.30. The first kappa shape index (κ1) is 18.7. The SMILES string of the molecule is CCS(=O)(=O)N1CCCc2cc(C(=O)Nc3ccc(F)c(Cl)c3)ccc21. The number of hydrogen-bond donors (Lipinski definition) is 1. The van der Waals surface area contributed by atoms with E-state index in [9.17, 15) is 17.6 Å². The minimum atomic E-state index is -3.34. The van der Waals surface area contributed by atoms with Gasteiger partial charge in [-0.25, -0.2) is 12.8 Å². The highest BCUT2D eigenvalue weighted by atomic mass is 35.5. The number of amides is 1. The van der Waals surface area contributed by atoms with Crippen LogP contribution >= 0.6 is 11.6 Å². The summed E-state index contributed by atoms with van der Waals surface area (Å²) in [5, 5.41) is 2.59. The van der Waals surface area contributed by atoms with Gasteiger partial charge in [-0.2, -0.15) is 0 Å². The number of nitrogens with zero attached hydrogens (tertiary/aromatic N) is 1. The standard InChI is InChI=1S/C18H18ClFN2O3S/c1-2-26(24,25)22-9-3-4-12-10-13(5-8-17(12)22)18(23)21-14-6-7-16(20)15(19)11-14/h5-8,10-11H,2-4,9H2,1H3,(H,21,23). The van der Waals surface area contributed by atoms with E-state index in [1.54, 1.807) is 25.1 Å². The first-order valence-corrected chi connectivity index (χ1v) is 10.2. The maximum atomic E-state index is 13.2. The molecule has 5 nitrogen and oxygen atoms in total. The summed E-state index contributed by atoms with van der Waals surface area (Å²) >= 11 is 5.72. The van der Waals surface area contributed by atoms with E-state index >= 15 is 0 Å². The molecule has 1 aliphatic heterocycles. The van der Waals surface area contributed by atoms with Gasteiger partial charge in [0.1, 0.15) is 5.82 Å². The summed E-state index contributed by atoms with van der Waals surface area (Å²) in [7, 11) is -3.34. The van der Waals surface area contributed by atoms with E-state index < -0.39 is 15.8 Å². The second-order valence-electron chi connectivity index (χ2n) is 6.00. The third-order valence-electron chi connectivity index (χ3n) is 4.30. The Morgan fingerprint density at radius 1 is 1.27 bits per heavy atom. The topological polar surface area (TPSA) is 66.5 Å². The number of sulfonamides is 1. The second kappa shape index (κ2) is 7.25. The van der Waals surface area contributed by atoms with Crippen molar-refractivity contribution in [1.82, 2.24) is 0 Å². The molecule has 0 radical (unpaired) electrons. The number of anilines is 2. The average Bonchev–Trinajstić information content (AvgIpc) is 2.63. The van der Waals surface area contributed by atoms with E-state index in [4.69, 9.17) is 11.6 Å². The Labute approximate surface area is 156 Å². The number of aryl methyl sites for hydroxylation is 1. The normalized spacial score (nSPS) is 14.0. The molecular formula is C18H18ClFN2O3S. The minimum absolute atomic E-state index is 0.0278. The van der Waals surface area contributed by atoms with Crippen molar-refractivity contribution in [2.45, 2.75) is 19.8 Å². The van der Waals surface area contributed by atoms with Gasteiger partial charge in [0.15, 0.2) is 0 Å². The zero-order chi connectivity index (χ0) is 18.9. The molecule has 0 unspecified atom stereocenters. The predicted molar refractivity (Wildman–Crippen MR) is 101 cm³/mol. The number of carbonyl (C=O) groups is 1. The molecule has 1 aliphatic rings. The molecule has 8 heteroatoms. The maximum Gasteiger partial charge on any atom is 0.255 e. The second-order valence-corrected chi connectivity index (χ2v) is 8.59. The van der Waals surface area contributed by atoms with Crippen LogP contribution in [0, 0.1) is 5.82 Å². The molecule has 0 aromatic heterocycles. The van der Waals surface area contributed by atoms with Crippen molar-refractivity contribution in [1.29, 1.82) is 0 Å². The third-order valence-corrected chi connectivity index (χ3v) is 6.37. The van der Waals surface area contributed by atoms with Gasteiger partial charge in [0.25, 0.3) is 5.91 Å². The lowest BCUT2D eigenvalue weighted by molar-refractivity contribution is 0.102. The Kier molecular flexibility index (Phi) is 5.20. The number of fused-ring (bicyclic) bond motifs is 1.